The molecule has 0 spiro atoms. The van der Waals surface area contributed by atoms with Crippen LogP contribution in [-0.2, 0) is 42.9 Å². The summed E-state index contributed by atoms with van der Waals surface area (Å²) in [4.78, 5) is 51.3. The molecule has 1 aliphatic rings. The number of hydrogen-bond acceptors (Lipinski definition) is 11. The van der Waals surface area contributed by atoms with Crippen LogP contribution in [0, 0.1) is 0 Å². The van der Waals surface area contributed by atoms with E-state index < -0.39 is 67.3 Å². The Hall–Kier alpha value is -2.80. The Balaban J connectivity index is 2.58. The van der Waals surface area contributed by atoms with Gasteiger partial charge in [0.1, 0.15) is 18.8 Å². The molecule has 1 heterocycles. The summed E-state index contributed by atoms with van der Waals surface area (Å²) in [6, 6.07) is 0. The van der Waals surface area contributed by atoms with Crippen molar-refractivity contribution in [2.24, 2.45) is 0 Å². The average Bonchev–Trinajstić information content (AvgIpc) is 3.43. The van der Waals surface area contributed by atoms with Crippen molar-refractivity contribution in [1.82, 2.24) is 0 Å². The zero-order chi connectivity index (χ0) is 57.5. The molecule has 0 bridgehead atoms. The van der Waals surface area contributed by atoms with Crippen molar-refractivity contribution in [2.75, 3.05) is 13.2 Å². The summed E-state index contributed by atoms with van der Waals surface area (Å²) >= 11 is 0. The molecule has 0 aliphatic carbocycles. The number of rotatable bonds is 58. The lowest BCUT2D eigenvalue weighted by atomic mass is 9.98. The molecule has 0 aromatic rings. The fraction of sp³-hybridized carbons (Fsp3) is 0.881. The first kappa shape index (κ1) is 74.2. The largest absolute Gasteiger partial charge is 0.479 e. The van der Waals surface area contributed by atoms with Gasteiger partial charge in [-0.2, -0.15) is 0 Å². The van der Waals surface area contributed by atoms with Crippen molar-refractivity contribution >= 4 is 23.9 Å². The quantitative estimate of drug-likeness (QED) is 0.0228. The number of unbranched alkanes of at least 4 members (excludes halogenated alkanes) is 40. The van der Waals surface area contributed by atoms with E-state index in [1.54, 1.807) is 0 Å². The van der Waals surface area contributed by atoms with Crippen molar-refractivity contribution in [3.63, 3.8) is 0 Å². The van der Waals surface area contributed by atoms with Crippen LogP contribution in [-0.4, -0.2) is 89.2 Å². The van der Waals surface area contributed by atoms with E-state index in [2.05, 4.69) is 45.1 Å². The second kappa shape index (κ2) is 55.7. The van der Waals surface area contributed by atoms with Gasteiger partial charge in [0.05, 0.1) is 6.61 Å². The molecule has 1 saturated heterocycles. The molecule has 462 valence electrons. The van der Waals surface area contributed by atoms with Crippen LogP contribution in [0.4, 0.5) is 0 Å². The second-order valence-electron chi connectivity index (χ2n) is 23.1. The van der Waals surface area contributed by atoms with E-state index in [0.29, 0.717) is 19.3 Å². The first-order valence-corrected chi connectivity index (χ1v) is 33.3. The van der Waals surface area contributed by atoms with Crippen molar-refractivity contribution in [3.8, 4) is 0 Å². The lowest BCUT2D eigenvalue weighted by Crippen LogP contribution is -2.61. The van der Waals surface area contributed by atoms with Crippen molar-refractivity contribution in [1.29, 1.82) is 0 Å². The summed E-state index contributed by atoms with van der Waals surface area (Å²) in [6.45, 7) is 6.02. The molecule has 12 nitrogen and oxygen atoms in total. The third-order valence-corrected chi connectivity index (χ3v) is 15.5. The molecule has 0 aromatic carbocycles. The standard InChI is InChI=1S/C67H122O12/c1-4-7-10-13-16-19-22-24-26-28-30-32-34-36-39-41-44-47-50-53-59(68)75-56-58(77-60(69)54-51-48-45-42-38-21-18-15-12-9-6-3)57-76-67-65(63(72)62(71)64(79-67)66(73)74)78-61(70)55-52-49-46-43-40-37-35-33-31-29-27-25-23-20-17-14-11-8-5-2/h17,20,25,27,58,62-65,67,71-72H,4-16,18-19,21-24,26,28-57H2,1-3H3,(H,73,74)/b20-17-,27-25-. The second-order valence-corrected chi connectivity index (χ2v) is 23.1. The van der Waals surface area contributed by atoms with Crippen molar-refractivity contribution in [2.45, 2.75) is 366 Å². The summed E-state index contributed by atoms with van der Waals surface area (Å²) in [5.74, 6) is -3.08. The number of aliphatic carboxylic acids is 1. The highest BCUT2D eigenvalue weighted by Gasteiger charge is 2.50. The summed E-state index contributed by atoms with van der Waals surface area (Å²) in [5.41, 5.74) is 0. The normalized spacial score (nSPS) is 17.9. The molecule has 0 radical (unpaired) electrons. The van der Waals surface area contributed by atoms with Crippen LogP contribution in [0.15, 0.2) is 24.3 Å². The maximum Gasteiger partial charge on any atom is 0.335 e. The molecule has 1 rings (SSSR count). The predicted octanol–water partition coefficient (Wildman–Crippen LogP) is 17.8. The molecule has 0 aromatic heterocycles. The summed E-state index contributed by atoms with van der Waals surface area (Å²) in [6.07, 6.45) is 52.8. The maximum atomic E-state index is 13.2. The molecule has 6 atom stereocenters. The number of allylic oxidation sites excluding steroid dienone is 4. The molecule has 12 heteroatoms. The highest BCUT2D eigenvalue weighted by Crippen LogP contribution is 2.27. The minimum atomic E-state index is -1.90. The van der Waals surface area contributed by atoms with Gasteiger partial charge in [0, 0.05) is 19.3 Å². The highest BCUT2D eigenvalue weighted by molar-refractivity contribution is 5.74. The van der Waals surface area contributed by atoms with Gasteiger partial charge in [0.25, 0.3) is 0 Å². The minimum Gasteiger partial charge on any atom is -0.479 e. The number of hydrogen-bond donors (Lipinski definition) is 3. The van der Waals surface area contributed by atoms with Gasteiger partial charge in [-0.05, 0) is 51.4 Å². The SMILES string of the molecule is CCCCC/C=C\C/C=C\CCCCCCCCCCCC(=O)OC1C(OCC(COC(=O)CCCCCCCCCCCCCCCCCCCCC)OC(=O)CCCCCCCCCCCCC)OC(C(=O)O)C(O)C1O. The summed E-state index contributed by atoms with van der Waals surface area (Å²) in [7, 11) is 0. The molecule has 79 heavy (non-hydrogen) atoms. The van der Waals surface area contributed by atoms with E-state index in [4.69, 9.17) is 23.7 Å². The third kappa shape index (κ3) is 45.4. The molecule has 6 unspecified atom stereocenters. The van der Waals surface area contributed by atoms with E-state index in [0.717, 1.165) is 77.0 Å². The summed E-state index contributed by atoms with van der Waals surface area (Å²) < 4.78 is 28.5. The van der Waals surface area contributed by atoms with E-state index >= 15 is 0 Å². The van der Waals surface area contributed by atoms with E-state index in [-0.39, 0.29) is 25.9 Å². The van der Waals surface area contributed by atoms with Crippen LogP contribution in [0.5, 0.6) is 0 Å². The molecule has 0 saturated carbocycles. The Bertz CT molecular complexity index is 1470. The van der Waals surface area contributed by atoms with Gasteiger partial charge in [-0.15, -0.1) is 0 Å². The molecular weight excluding hydrogens is 997 g/mol. The zero-order valence-corrected chi connectivity index (χ0v) is 51.1. The first-order chi connectivity index (χ1) is 38.6. The summed E-state index contributed by atoms with van der Waals surface area (Å²) in [5, 5.41) is 31.6. The van der Waals surface area contributed by atoms with Crippen LogP contribution in [0.3, 0.4) is 0 Å². The van der Waals surface area contributed by atoms with Gasteiger partial charge in [-0.3, -0.25) is 14.4 Å². The monoisotopic (exact) mass is 1120 g/mol. The van der Waals surface area contributed by atoms with Gasteiger partial charge < -0.3 is 39.0 Å². The van der Waals surface area contributed by atoms with Crippen molar-refractivity contribution in [3.05, 3.63) is 24.3 Å². The minimum absolute atomic E-state index is 0.0608. The highest BCUT2D eigenvalue weighted by atomic mass is 16.7. The van der Waals surface area contributed by atoms with Gasteiger partial charge >= 0.3 is 23.9 Å². The molecule has 0 amide bonds. The number of carboxylic acids is 1. The Labute approximate surface area is 483 Å². The van der Waals surface area contributed by atoms with E-state index in [1.165, 1.54) is 193 Å². The van der Waals surface area contributed by atoms with Gasteiger partial charge in [-0.25, -0.2) is 4.79 Å². The lowest BCUT2D eigenvalue weighted by molar-refractivity contribution is -0.301. The lowest BCUT2D eigenvalue weighted by Gasteiger charge is -2.40. The van der Waals surface area contributed by atoms with Crippen LogP contribution >= 0.6 is 0 Å². The Morgan fingerprint density at radius 2 is 0.759 bits per heavy atom. The molecule has 3 N–H and O–H groups in total. The van der Waals surface area contributed by atoms with Crippen LogP contribution in [0.1, 0.15) is 329 Å². The first-order valence-electron chi connectivity index (χ1n) is 33.3. The number of aliphatic hydroxyl groups is 2. The fourth-order valence-electron chi connectivity index (χ4n) is 10.4. The van der Waals surface area contributed by atoms with Crippen LogP contribution in [0.2, 0.25) is 0 Å². The number of carboxylic acid groups (broad SMARTS) is 1. The van der Waals surface area contributed by atoms with Crippen molar-refractivity contribution < 1.29 is 58.2 Å². The van der Waals surface area contributed by atoms with E-state index in [9.17, 15) is 34.5 Å². The number of carbonyl (C=O) groups is 4. The Morgan fingerprint density at radius 3 is 1.16 bits per heavy atom. The topological polar surface area (TPSA) is 175 Å². The number of ether oxygens (including phenoxy) is 5. The number of aliphatic hydroxyl groups excluding tert-OH is 2. The van der Waals surface area contributed by atoms with Crippen LogP contribution < -0.4 is 0 Å². The van der Waals surface area contributed by atoms with E-state index in [1.807, 2.05) is 0 Å². The molecule has 1 fully saturated rings. The average molecular weight is 1120 g/mol. The van der Waals surface area contributed by atoms with Gasteiger partial charge in [-0.1, -0.05) is 283 Å². The maximum absolute atomic E-state index is 13.2. The smallest absolute Gasteiger partial charge is 0.335 e. The zero-order valence-electron chi connectivity index (χ0n) is 51.1. The Morgan fingerprint density at radius 1 is 0.418 bits per heavy atom. The van der Waals surface area contributed by atoms with Crippen LogP contribution in [0.25, 0.3) is 0 Å². The van der Waals surface area contributed by atoms with Gasteiger partial charge in [0.15, 0.2) is 24.6 Å². The fourth-order valence-corrected chi connectivity index (χ4v) is 10.4. The predicted molar refractivity (Wildman–Crippen MR) is 322 cm³/mol. The Kier molecular flexibility index (Phi) is 52.3. The number of esters is 3. The molecule has 1 aliphatic heterocycles. The van der Waals surface area contributed by atoms with Gasteiger partial charge in [0.2, 0.25) is 0 Å². The number of carbonyl (C=O) groups excluding carboxylic acids is 3. The third-order valence-electron chi connectivity index (χ3n) is 15.5. The molecular formula is C67H122O12.